The van der Waals surface area contributed by atoms with Crippen LogP contribution in [0.4, 0.5) is 0 Å². The first kappa shape index (κ1) is 17.3. The average Bonchev–Trinajstić information content (AvgIpc) is 2.52. The molecule has 4 nitrogen and oxygen atoms in total. The first-order chi connectivity index (χ1) is 11.0. The highest BCUT2D eigenvalue weighted by Crippen LogP contribution is 2.23. The van der Waals surface area contributed by atoms with E-state index in [1.807, 2.05) is 42.1 Å². The lowest BCUT2D eigenvalue weighted by Crippen LogP contribution is -2.27. The number of amides is 1. The Kier molecular flexibility index (Phi) is 6.04. The number of nitrogens with one attached hydrogen (secondary N) is 1. The van der Waals surface area contributed by atoms with Crippen molar-refractivity contribution in [2.24, 2.45) is 0 Å². The van der Waals surface area contributed by atoms with Crippen LogP contribution in [0, 0.1) is 0 Å². The van der Waals surface area contributed by atoms with Crippen molar-refractivity contribution in [3.8, 4) is 11.6 Å². The molecule has 1 heterocycles. The van der Waals surface area contributed by atoms with Crippen molar-refractivity contribution in [1.82, 2.24) is 10.3 Å². The number of para-hydroxylation sites is 1. The predicted molar refractivity (Wildman–Crippen MR) is 95.3 cm³/mol. The van der Waals surface area contributed by atoms with E-state index in [1.54, 1.807) is 18.3 Å². The van der Waals surface area contributed by atoms with Crippen molar-refractivity contribution in [1.29, 1.82) is 0 Å². The van der Waals surface area contributed by atoms with E-state index < -0.39 is 0 Å². The molecule has 1 aromatic heterocycles. The fraction of sp³-hybridized carbons (Fsp3) is 0.333. The first-order valence-electron chi connectivity index (χ1n) is 7.56. The van der Waals surface area contributed by atoms with Crippen LogP contribution in [0.2, 0.25) is 0 Å². The molecular weight excluding hydrogens is 308 g/mol. The lowest BCUT2D eigenvalue weighted by atomic mass is 10.2. The zero-order valence-electron chi connectivity index (χ0n) is 13.7. The number of hydrogen-bond acceptors (Lipinski definition) is 4. The molecule has 0 saturated carbocycles. The van der Waals surface area contributed by atoms with E-state index in [4.69, 9.17) is 4.74 Å². The van der Waals surface area contributed by atoms with E-state index in [2.05, 4.69) is 31.1 Å². The Morgan fingerprint density at radius 3 is 2.61 bits per heavy atom. The van der Waals surface area contributed by atoms with Gasteiger partial charge in [-0.15, -0.1) is 0 Å². The Bertz CT molecular complexity index is 639. The molecule has 2 aromatic rings. The summed E-state index contributed by atoms with van der Waals surface area (Å²) in [4.78, 5) is 16.5. The Morgan fingerprint density at radius 2 is 1.91 bits per heavy atom. The molecule has 0 aliphatic heterocycles. The Balaban J connectivity index is 1.98. The summed E-state index contributed by atoms with van der Waals surface area (Å²) in [5.41, 5.74) is 0.442. The number of pyridine rings is 1. The van der Waals surface area contributed by atoms with E-state index in [-0.39, 0.29) is 10.7 Å². The largest absolute Gasteiger partial charge is 0.438 e. The van der Waals surface area contributed by atoms with Crippen molar-refractivity contribution < 1.29 is 9.53 Å². The average molecular weight is 330 g/mol. The number of benzene rings is 1. The maximum Gasteiger partial charge on any atom is 0.256 e. The van der Waals surface area contributed by atoms with Gasteiger partial charge in [-0.05, 0) is 24.3 Å². The van der Waals surface area contributed by atoms with E-state index >= 15 is 0 Å². The molecule has 1 aromatic carbocycles. The molecule has 23 heavy (non-hydrogen) atoms. The summed E-state index contributed by atoms with van der Waals surface area (Å²) in [7, 11) is 0. The van der Waals surface area contributed by atoms with Crippen LogP contribution in [-0.2, 0) is 0 Å². The molecule has 1 N–H and O–H groups in total. The third-order valence-corrected chi connectivity index (χ3v) is 4.17. The summed E-state index contributed by atoms with van der Waals surface area (Å²) < 4.78 is 5.91. The minimum Gasteiger partial charge on any atom is -0.438 e. The van der Waals surface area contributed by atoms with Crippen molar-refractivity contribution in [3.63, 3.8) is 0 Å². The molecule has 0 bridgehead atoms. The summed E-state index contributed by atoms with van der Waals surface area (Å²) in [6.07, 6.45) is 1.62. The second-order valence-corrected chi connectivity index (χ2v) is 7.91. The van der Waals surface area contributed by atoms with Gasteiger partial charge in [0.15, 0.2) is 0 Å². The second kappa shape index (κ2) is 8.02. The number of hydrogen-bond donors (Lipinski definition) is 1. The van der Waals surface area contributed by atoms with Gasteiger partial charge in [0.05, 0.1) is 0 Å². The lowest BCUT2D eigenvalue weighted by molar-refractivity contribution is 0.0953. The van der Waals surface area contributed by atoms with Crippen LogP contribution in [0.15, 0.2) is 48.7 Å². The minimum absolute atomic E-state index is 0.168. The van der Waals surface area contributed by atoms with E-state index in [0.717, 1.165) is 5.75 Å². The SMILES string of the molecule is CC(C)(C)SCCNC(=O)c1cccnc1Oc1ccccc1. The monoisotopic (exact) mass is 330 g/mol. The van der Waals surface area contributed by atoms with E-state index in [0.29, 0.717) is 23.7 Å². The van der Waals surface area contributed by atoms with Gasteiger partial charge < -0.3 is 10.1 Å². The van der Waals surface area contributed by atoms with Crippen LogP contribution < -0.4 is 10.1 Å². The van der Waals surface area contributed by atoms with Crippen LogP contribution in [-0.4, -0.2) is 27.9 Å². The number of aromatic nitrogens is 1. The van der Waals surface area contributed by atoms with Crippen LogP contribution in [0.1, 0.15) is 31.1 Å². The maximum absolute atomic E-state index is 12.3. The molecule has 0 atom stereocenters. The third kappa shape index (κ3) is 5.94. The molecule has 0 aliphatic carbocycles. The van der Waals surface area contributed by atoms with Gasteiger partial charge in [0.1, 0.15) is 11.3 Å². The van der Waals surface area contributed by atoms with E-state index in [1.165, 1.54) is 0 Å². The van der Waals surface area contributed by atoms with Gasteiger partial charge in [-0.1, -0.05) is 39.0 Å². The number of rotatable bonds is 6. The zero-order chi connectivity index (χ0) is 16.7. The first-order valence-corrected chi connectivity index (χ1v) is 8.54. The van der Waals surface area contributed by atoms with E-state index in [9.17, 15) is 4.79 Å². The van der Waals surface area contributed by atoms with Gasteiger partial charge in [-0.2, -0.15) is 11.8 Å². The highest BCUT2D eigenvalue weighted by Gasteiger charge is 2.15. The highest BCUT2D eigenvalue weighted by molar-refractivity contribution is 8.00. The second-order valence-electron chi connectivity index (χ2n) is 5.99. The molecule has 2 rings (SSSR count). The van der Waals surface area contributed by atoms with Gasteiger partial charge in [0.25, 0.3) is 5.91 Å². The van der Waals surface area contributed by atoms with Crippen molar-refractivity contribution in [2.75, 3.05) is 12.3 Å². The Morgan fingerprint density at radius 1 is 1.17 bits per heavy atom. The normalized spacial score (nSPS) is 11.1. The molecule has 0 saturated heterocycles. The van der Waals surface area contributed by atoms with Gasteiger partial charge in [-0.3, -0.25) is 4.79 Å². The van der Waals surface area contributed by atoms with Gasteiger partial charge in [-0.25, -0.2) is 4.98 Å². The zero-order valence-corrected chi connectivity index (χ0v) is 14.5. The fourth-order valence-corrected chi connectivity index (χ4v) is 2.68. The topological polar surface area (TPSA) is 51.2 Å². The quantitative estimate of drug-likeness (QED) is 0.809. The summed E-state index contributed by atoms with van der Waals surface area (Å²) in [6.45, 7) is 7.09. The predicted octanol–water partition coefficient (Wildman–Crippen LogP) is 4.14. The van der Waals surface area contributed by atoms with Gasteiger partial charge >= 0.3 is 0 Å². The van der Waals surface area contributed by atoms with Crippen molar-refractivity contribution in [3.05, 3.63) is 54.2 Å². The fourth-order valence-electron chi connectivity index (χ4n) is 1.86. The molecule has 5 heteroatoms. The van der Waals surface area contributed by atoms with Crippen molar-refractivity contribution in [2.45, 2.75) is 25.5 Å². The number of thioether (sulfide) groups is 1. The summed E-state index contributed by atoms with van der Waals surface area (Å²) in [5.74, 6) is 1.67. The highest BCUT2D eigenvalue weighted by atomic mass is 32.2. The molecule has 0 aliphatic rings. The van der Waals surface area contributed by atoms with Crippen LogP contribution >= 0.6 is 11.8 Å². The van der Waals surface area contributed by atoms with Crippen LogP contribution in [0.3, 0.4) is 0 Å². The van der Waals surface area contributed by atoms with Crippen molar-refractivity contribution >= 4 is 17.7 Å². The summed E-state index contributed by atoms with van der Waals surface area (Å²) >= 11 is 1.82. The summed E-state index contributed by atoms with van der Waals surface area (Å²) in [6, 6.07) is 12.8. The lowest BCUT2D eigenvalue weighted by Gasteiger charge is -2.17. The van der Waals surface area contributed by atoms with Crippen LogP contribution in [0.5, 0.6) is 11.6 Å². The van der Waals surface area contributed by atoms with Gasteiger partial charge in [0, 0.05) is 23.2 Å². The Labute approximate surface area is 141 Å². The Hall–Kier alpha value is -2.01. The molecule has 0 fully saturated rings. The van der Waals surface area contributed by atoms with Crippen LogP contribution in [0.25, 0.3) is 0 Å². The molecule has 1 amide bonds. The van der Waals surface area contributed by atoms with Gasteiger partial charge in [0.2, 0.25) is 5.88 Å². The number of carbonyl (C=O) groups is 1. The molecule has 0 radical (unpaired) electrons. The summed E-state index contributed by atoms with van der Waals surface area (Å²) in [5, 5.41) is 2.92. The third-order valence-electron chi connectivity index (χ3n) is 2.90. The number of nitrogens with zero attached hydrogens (tertiary/aromatic N) is 1. The standard InChI is InChI=1S/C18H22N2O2S/c1-18(2,3)23-13-12-19-16(21)15-10-7-11-20-17(15)22-14-8-5-4-6-9-14/h4-11H,12-13H2,1-3H3,(H,19,21). The smallest absolute Gasteiger partial charge is 0.256 e. The molecule has 0 spiro atoms. The number of carbonyl (C=O) groups excluding carboxylic acids is 1. The molecule has 122 valence electrons. The molecular formula is C18H22N2O2S. The maximum atomic E-state index is 12.3. The molecule has 0 unspecified atom stereocenters. The minimum atomic E-state index is -0.168. The number of ether oxygens (including phenoxy) is 1.